The Morgan fingerprint density at radius 3 is 2.81 bits per heavy atom. The molecule has 0 spiro atoms. The van der Waals surface area contributed by atoms with Crippen LogP contribution in [0.1, 0.15) is 37.0 Å². The number of nitrogens with zero attached hydrogens (tertiary/aromatic N) is 1. The number of hydrogen-bond acceptors (Lipinski definition) is 4. The molecule has 0 aromatic heterocycles. The molecule has 1 unspecified atom stereocenters. The number of nitrogens with one attached hydrogen (secondary N) is 2. The molecule has 1 aliphatic rings. The Hall–Kier alpha value is -1.75. The number of hydrogen-bond donors (Lipinski definition) is 3. The van der Waals surface area contributed by atoms with Crippen LogP contribution in [-0.2, 0) is 0 Å². The maximum Gasteiger partial charge on any atom is 0.253 e. The van der Waals surface area contributed by atoms with Crippen molar-refractivity contribution in [2.75, 3.05) is 31.2 Å². The summed E-state index contributed by atoms with van der Waals surface area (Å²) in [4.78, 5) is 14.5. The van der Waals surface area contributed by atoms with Crippen LogP contribution >= 0.6 is 0 Å². The summed E-state index contributed by atoms with van der Waals surface area (Å²) in [5, 5.41) is 6.20. The summed E-state index contributed by atoms with van der Waals surface area (Å²) in [7, 11) is 2.16. The third kappa shape index (κ3) is 4.11. The molecule has 1 aromatic rings. The number of carbonyl (C=O) groups is 1. The molecule has 1 aliphatic carbocycles. The summed E-state index contributed by atoms with van der Waals surface area (Å²) < 4.78 is 0. The molecular weight excluding hydrogens is 264 g/mol. The van der Waals surface area contributed by atoms with Crippen LogP contribution < -0.4 is 16.4 Å². The van der Waals surface area contributed by atoms with Crippen molar-refractivity contribution in [3.05, 3.63) is 23.8 Å². The van der Waals surface area contributed by atoms with Crippen LogP contribution in [0, 0.1) is 0 Å². The summed E-state index contributed by atoms with van der Waals surface area (Å²) >= 11 is 0. The lowest BCUT2D eigenvalue weighted by Gasteiger charge is -2.25. The minimum absolute atomic E-state index is 0.0665. The van der Waals surface area contributed by atoms with Gasteiger partial charge >= 0.3 is 0 Å². The van der Waals surface area contributed by atoms with Crippen molar-refractivity contribution in [2.45, 2.75) is 38.8 Å². The molecule has 116 valence electrons. The molecule has 1 fully saturated rings. The van der Waals surface area contributed by atoms with Crippen LogP contribution in [0.25, 0.3) is 0 Å². The van der Waals surface area contributed by atoms with E-state index in [-0.39, 0.29) is 5.91 Å². The summed E-state index contributed by atoms with van der Waals surface area (Å²) in [5.74, 6) is -0.0665. The molecule has 2 rings (SSSR count). The van der Waals surface area contributed by atoms with Crippen LogP contribution in [0.2, 0.25) is 0 Å². The molecule has 1 atom stereocenters. The maximum atomic E-state index is 12.1. The Morgan fingerprint density at radius 2 is 2.19 bits per heavy atom. The first-order valence-electron chi connectivity index (χ1n) is 7.66. The minimum atomic E-state index is -0.0665. The smallest absolute Gasteiger partial charge is 0.253 e. The Morgan fingerprint density at radius 1 is 1.48 bits per heavy atom. The lowest BCUT2D eigenvalue weighted by Crippen LogP contribution is -2.36. The monoisotopic (exact) mass is 290 g/mol. The summed E-state index contributed by atoms with van der Waals surface area (Å²) in [6.07, 6.45) is 2.59. The average Bonchev–Trinajstić information content (AvgIpc) is 3.28. The van der Waals surface area contributed by atoms with Crippen molar-refractivity contribution in [2.24, 2.45) is 0 Å². The molecule has 4 N–H and O–H groups in total. The van der Waals surface area contributed by atoms with Crippen LogP contribution in [0.5, 0.6) is 0 Å². The van der Waals surface area contributed by atoms with Crippen molar-refractivity contribution in [3.63, 3.8) is 0 Å². The largest absolute Gasteiger partial charge is 0.399 e. The lowest BCUT2D eigenvalue weighted by molar-refractivity contribution is 0.0956. The predicted molar refractivity (Wildman–Crippen MR) is 87.6 cm³/mol. The second kappa shape index (κ2) is 6.80. The fourth-order valence-electron chi connectivity index (χ4n) is 2.41. The van der Waals surface area contributed by atoms with Crippen LogP contribution in [0.15, 0.2) is 18.2 Å². The van der Waals surface area contributed by atoms with Crippen molar-refractivity contribution >= 4 is 17.3 Å². The predicted octanol–water partition coefficient (Wildman–Crippen LogP) is 1.91. The Kier molecular flexibility index (Phi) is 5.07. The molecule has 0 aliphatic heterocycles. The highest BCUT2D eigenvalue weighted by atomic mass is 16.1. The van der Waals surface area contributed by atoms with Gasteiger partial charge in [-0.05, 0) is 51.9 Å². The molecular formula is C16H26N4O. The summed E-state index contributed by atoms with van der Waals surface area (Å²) in [5.41, 5.74) is 7.95. The van der Waals surface area contributed by atoms with E-state index in [9.17, 15) is 4.79 Å². The first kappa shape index (κ1) is 15.6. The molecule has 1 aromatic carbocycles. The lowest BCUT2D eigenvalue weighted by atomic mass is 10.1. The average molecular weight is 290 g/mol. The molecule has 0 heterocycles. The molecule has 5 nitrogen and oxygen atoms in total. The fraction of sp³-hybridized carbons (Fsp3) is 0.562. The van der Waals surface area contributed by atoms with Gasteiger partial charge in [0, 0.05) is 36.5 Å². The number of rotatable bonds is 7. The van der Waals surface area contributed by atoms with Crippen molar-refractivity contribution < 1.29 is 4.79 Å². The van der Waals surface area contributed by atoms with Gasteiger partial charge in [-0.1, -0.05) is 0 Å². The van der Waals surface area contributed by atoms with Crippen molar-refractivity contribution in [3.8, 4) is 0 Å². The van der Waals surface area contributed by atoms with Gasteiger partial charge in [-0.2, -0.15) is 0 Å². The van der Waals surface area contributed by atoms with E-state index in [1.807, 2.05) is 13.0 Å². The van der Waals surface area contributed by atoms with Gasteiger partial charge in [-0.25, -0.2) is 0 Å². The zero-order valence-electron chi connectivity index (χ0n) is 13.1. The molecule has 21 heavy (non-hydrogen) atoms. The molecule has 1 saturated carbocycles. The quantitative estimate of drug-likeness (QED) is 0.671. The van der Waals surface area contributed by atoms with Gasteiger partial charge in [0.25, 0.3) is 5.91 Å². The van der Waals surface area contributed by atoms with E-state index in [2.05, 4.69) is 29.5 Å². The molecule has 0 radical (unpaired) electrons. The van der Waals surface area contributed by atoms with E-state index in [0.29, 0.717) is 23.8 Å². The Balaban J connectivity index is 2.03. The molecule has 5 heteroatoms. The van der Waals surface area contributed by atoms with Gasteiger partial charge in [0.15, 0.2) is 0 Å². The number of anilines is 2. The number of nitrogen functional groups attached to an aromatic ring is 1. The number of likely N-dealkylation sites (N-methyl/N-ethyl adjacent to an activating group) is 1. The van der Waals surface area contributed by atoms with Crippen molar-refractivity contribution in [1.82, 2.24) is 10.2 Å². The van der Waals surface area contributed by atoms with Gasteiger partial charge in [-0.15, -0.1) is 0 Å². The summed E-state index contributed by atoms with van der Waals surface area (Å²) in [6.45, 7) is 5.52. The van der Waals surface area contributed by atoms with E-state index in [1.165, 1.54) is 12.8 Å². The zero-order valence-corrected chi connectivity index (χ0v) is 13.1. The van der Waals surface area contributed by atoms with E-state index >= 15 is 0 Å². The maximum absolute atomic E-state index is 12.1. The summed E-state index contributed by atoms with van der Waals surface area (Å²) in [6, 6.07) is 6.51. The third-order valence-corrected chi connectivity index (χ3v) is 4.03. The standard InChI is InChI=1S/C16H26N4O/c1-4-18-16(21)14-8-5-12(17)9-15(14)19-10-11(2)20(3)13-6-7-13/h5,8-9,11,13,19H,4,6-7,10,17H2,1-3H3,(H,18,21). The van der Waals surface area contributed by atoms with Gasteiger partial charge in [0.1, 0.15) is 0 Å². The van der Waals surface area contributed by atoms with Gasteiger partial charge in [0.05, 0.1) is 5.56 Å². The number of nitrogens with two attached hydrogens (primary N) is 1. The number of carbonyl (C=O) groups excluding carboxylic acids is 1. The van der Waals surface area contributed by atoms with Gasteiger partial charge in [-0.3, -0.25) is 9.69 Å². The van der Waals surface area contributed by atoms with Crippen LogP contribution in [-0.4, -0.2) is 43.0 Å². The highest BCUT2D eigenvalue weighted by Gasteiger charge is 2.29. The second-order valence-electron chi connectivity index (χ2n) is 5.79. The molecule has 1 amide bonds. The van der Waals surface area contributed by atoms with Gasteiger partial charge in [0.2, 0.25) is 0 Å². The van der Waals surface area contributed by atoms with E-state index in [1.54, 1.807) is 12.1 Å². The number of amides is 1. The highest BCUT2D eigenvalue weighted by molar-refractivity contribution is 6.00. The molecule has 0 saturated heterocycles. The zero-order chi connectivity index (χ0) is 15.4. The van der Waals surface area contributed by atoms with E-state index in [0.717, 1.165) is 18.3 Å². The SMILES string of the molecule is CCNC(=O)c1ccc(N)cc1NCC(C)N(C)C1CC1. The van der Waals surface area contributed by atoms with E-state index < -0.39 is 0 Å². The van der Waals surface area contributed by atoms with Crippen LogP contribution in [0.4, 0.5) is 11.4 Å². The Labute approximate surface area is 126 Å². The Bertz CT molecular complexity index is 499. The first-order chi connectivity index (χ1) is 10.0. The normalized spacial score (nSPS) is 15.8. The molecule has 0 bridgehead atoms. The van der Waals surface area contributed by atoms with E-state index in [4.69, 9.17) is 5.73 Å². The highest BCUT2D eigenvalue weighted by Crippen LogP contribution is 2.27. The van der Waals surface area contributed by atoms with Crippen LogP contribution in [0.3, 0.4) is 0 Å². The van der Waals surface area contributed by atoms with Crippen molar-refractivity contribution in [1.29, 1.82) is 0 Å². The topological polar surface area (TPSA) is 70.4 Å². The number of benzene rings is 1. The third-order valence-electron chi connectivity index (χ3n) is 4.03. The fourth-order valence-corrected chi connectivity index (χ4v) is 2.41. The minimum Gasteiger partial charge on any atom is -0.399 e. The first-order valence-corrected chi connectivity index (χ1v) is 7.66. The van der Waals surface area contributed by atoms with Gasteiger partial charge < -0.3 is 16.4 Å². The second-order valence-corrected chi connectivity index (χ2v) is 5.79.